The number of nitrogens with zero attached hydrogens (tertiary/aromatic N) is 2. The van der Waals surface area contributed by atoms with E-state index in [2.05, 4.69) is 10.3 Å². The Morgan fingerprint density at radius 2 is 1.85 bits per heavy atom. The number of pyridine rings is 1. The fraction of sp³-hybridized carbons (Fsp3) is 0.316. The van der Waals surface area contributed by atoms with Crippen molar-refractivity contribution in [3.05, 3.63) is 54.1 Å². The van der Waals surface area contributed by atoms with Gasteiger partial charge < -0.3 is 9.72 Å². The molecule has 1 saturated heterocycles. The maximum Gasteiger partial charge on any atom is 0.175 e. The minimum Gasteiger partial charge on any atom is -0.317 e. The Hall–Kier alpha value is -2.25. The molecular weight excluding hydrogens is 353 g/mol. The van der Waals surface area contributed by atoms with Crippen molar-refractivity contribution < 1.29 is 12.8 Å². The van der Waals surface area contributed by atoms with Crippen LogP contribution in [-0.2, 0) is 9.84 Å². The Morgan fingerprint density at radius 1 is 1.15 bits per heavy atom. The summed E-state index contributed by atoms with van der Waals surface area (Å²) >= 11 is 0. The van der Waals surface area contributed by atoms with Gasteiger partial charge in [0.15, 0.2) is 21.3 Å². The summed E-state index contributed by atoms with van der Waals surface area (Å²) < 4.78 is 39.5. The summed E-state index contributed by atoms with van der Waals surface area (Å²) in [5.41, 5.74) is 2.65. The number of fused-ring (bicyclic) bond motifs is 1. The summed E-state index contributed by atoms with van der Waals surface area (Å²) in [6, 6.07) is 8.08. The van der Waals surface area contributed by atoms with E-state index in [1.165, 1.54) is 6.26 Å². The zero-order chi connectivity index (χ0) is 18.3. The smallest absolute Gasteiger partial charge is 0.175 e. The number of imidazole rings is 1. The molecule has 4 rings (SSSR count). The molecule has 0 spiro atoms. The lowest BCUT2D eigenvalue weighted by Crippen LogP contribution is -2.26. The van der Waals surface area contributed by atoms with E-state index in [-0.39, 0.29) is 16.4 Å². The van der Waals surface area contributed by atoms with Crippen molar-refractivity contribution in [1.29, 1.82) is 0 Å². The van der Waals surface area contributed by atoms with E-state index in [1.54, 1.807) is 40.9 Å². The highest BCUT2D eigenvalue weighted by molar-refractivity contribution is 7.90. The van der Waals surface area contributed by atoms with Crippen LogP contribution in [0.15, 0.2) is 47.6 Å². The number of nitrogens with one attached hydrogen (secondary N) is 1. The molecule has 7 heteroatoms. The highest BCUT2D eigenvalue weighted by atomic mass is 32.2. The topological polar surface area (TPSA) is 63.5 Å². The molecule has 0 unspecified atom stereocenters. The first-order chi connectivity index (χ1) is 12.4. The van der Waals surface area contributed by atoms with E-state index in [9.17, 15) is 12.8 Å². The number of aromatic nitrogens is 2. The van der Waals surface area contributed by atoms with Crippen molar-refractivity contribution in [2.75, 3.05) is 19.3 Å². The maximum absolute atomic E-state index is 14.6. The molecule has 3 aromatic rings. The van der Waals surface area contributed by atoms with Crippen LogP contribution in [0.4, 0.5) is 4.39 Å². The molecule has 26 heavy (non-hydrogen) atoms. The summed E-state index contributed by atoms with van der Waals surface area (Å²) in [7, 11) is -3.24. The van der Waals surface area contributed by atoms with Gasteiger partial charge in [-0.2, -0.15) is 0 Å². The lowest BCUT2D eigenvalue weighted by molar-refractivity contribution is 0.457. The molecular formula is C19H20FN3O2S. The number of benzene rings is 1. The Balaban J connectivity index is 1.72. The van der Waals surface area contributed by atoms with E-state index in [1.807, 2.05) is 6.20 Å². The third kappa shape index (κ3) is 3.24. The summed E-state index contributed by atoms with van der Waals surface area (Å²) in [4.78, 5) is 4.64. The molecule has 1 N–H and O–H groups in total. The van der Waals surface area contributed by atoms with Crippen molar-refractivity contribution in [1.82, 2.24) is 14.7 Å². The molecule has 0 radical (unpaired) electrons. The van der Waals surface area contributed by atoms with Gasteiger partial charge in [-0.3, -0.25) is 0 Å². The zero-order valence-corrected chi connectivity index (χ0v) is 15.3. The van der Waals surface area contributed by atoms with Crippen LogP contribution in [-0.4, -0.2) is 37.1 Å². The van der Waals surface area contributed by atoms with E-state index < -0.39 is 9.84 Å². The van der Waals surface area contributed by atoms with Crippen LogP contribution in [0.1, 0.15) is 24.3 Å². The molecule has 2 aromatic heterocycles. The summed E-state index contributed by atoms with van der Waals surface area (Å²) in [6.07, 6.45) is 6.91. The standard InChI is InChI=1S/C19H20FN3O2S/c1-26(24,25)16-4-2-14(3-5-16)18-12-23-11-15(10-17(20)19(23)22-18)13-6-8-21-9-7-13/h2-5,10-13,21H,6-9H2,1H3. The van der Waals surface area contributed by atoms with Gasteiger partial charge in [0.1, 0.15) is 0 Å². The fourth-order valence-corrected chi connectivity index (χ4v) is 4.10. The van der Waals surface area contributed by atoms with Crippen LogP contribution in [0.5, 0.6) is 0 Å². The summed E-state index contributed by atoms with van der Waals surface area (Å²) in [5.74, 6) is 0.0232. The molecule has 5 nitrogen and oxygen atoms in total. The molecule has 0 aliphatic carbocycles. The molecule has 1 aliphatic heterocycles. The molecule has 0 atom stereocenters. The molecule has 1 aliphatic rings. The molecule has 0 bridgehead atoms. The van der Waals surface area contributed by atoms with Gasteiger partial charge in [0.05, 0.1) is 10.6 Å². The quantitative estimate of drug-likeness (QED) is 0.767. The number of piperidine rings is 1. The van der Waals surface area contributed by atoms with Gasteiger partial charge in [-0.05, 0) is 55.6 Å². The lowest BCUT2D eigenvalue weighted by atomic mass is 9.91. The van der Waals surface area contributed by atoms with Crippen molar-refractivity contribution >= 4 is 15.5 Å². The number of rotatable bonds is 3. The number of hydrogen-bond donors (Lipinski definition) is 1. The molecule has 136 valence electrons. The number of halogens is 1. The van der Waals surface area contributed by atoms with Gasteiger partial charge in [-0.25, -0.2) is 17.8 Å². The second-order valence-corrected chi connectivity index (χ2v) is 8.81. The second-order valence-electron chi connectivity index (χ2n) is 6.80. The van der Waals surface area contributed by atoms with Gasteiger partial charge in [0.25, 0.3) is 0 Å². The first kappa shape index (κ1) is 17.2. The Labute approximate surface area is 151 Å². The van der Waals surface area contributed by atoms with Crippen LogP contribution in [0.2, 0.25) is 0 Å². The van der Waals surface area contributed by atoms with Crippen LogP contribution in [0.3, 0.4) is 0 Å². The monoisotopic (exact) mass is 373 g/mol. The van der Waals surface area contributed by atoms with E-state index in [4.69, 9.17) is 0 Å². The van der Waals surface area contributed by atoms with Crippen LogP contribution < -0.4 is 5.32 Å². The Kier molecular flexibility index (Phi) is 4.28. The molecule has 3 heterocycles. The Morgan fingerprint density at radius 3 is 2.50 bits per heavy atom. The predicted molar refractivity (Wildman–Crippen MR) is 98.5 cm³/mol. The minimum atomic E-state index is -3.24. The minimum absolute atomic E-state index is 0.254. The number of hydrogen-bond acceptors (Lipinski definition) is 4. The third-order valence-electron chi connectivity index (χ3n) is 4.92. The molecule has 0 saturated carbocycles. The van der Waals surface area contributed by atoms with Crippen LogP contribution >= 0.6 is 0 Å². The summed E-state index contributed by atoms with van der Waals surface area (Å²) in [6.45, 7) is 1.90. The predicted octanol–water partition coefficient (Wildman–Crippen LogP) is 3.01. The molecule has 1 aromatic carbocycles. The zero-order valence-electron chi connectivity index (χ0n) is 14.4. The lowest BCUT2D eigenvalue weighted by Gasteiger charge is -2.23. The van der Waals surface area contributed by atoms with Gasteiger partial charge in [-0.15, -0.1) is 0 Å². The van der Waals surface area contributed by atoms with Gasteiger partial charge in [0.2, 0.25) is 0 Å². The van der Waals surface area contributed by atoms with Crippen LogP contribution in [0.25, 0.3) is 16.9 Å². The van der Waals surface area contributed by atoms with Crippen LogP contribution in [0, 0.1) is 5.82 Å². The highest BCUT2D eigenvalue weighted by Crippen LogP contribution is 2.28. The largest absolute Gasteiger partial charge is 0.317 e. The number of sulfone groups is 1. The highest BCUT2D eigenvalue weighted by Gasteiger charge is 2.18. The van der Waals surface area contributed by atoms with Crippen molar-refractivity contribution in [2.45, 2.75) is 23.7 Å². The average Bonchev–Trinajstić information content (AvgIpc) is 3.07. The second kappa shape index (κ2) is 6.48. The van der Waals surface area contributed by atoms with Gasteiger partial charge in [0, 0.05) is 24.2 Å². The normalized spacial score (nSPS) is 16.2. The van der Waals surface area contributed by atoms with Gasteiger partial charge in [-0.1, -0.05) is 12.1 Å². The van der Waals surface area contributed by atoms with E-state index >= 15 is 0 Å². The molecule has 1 fully saturated rings. The van der Waals surface area contributed by atoms with Crippen molar-refractivity contribution in [3.8, 4) is 11.3 Å². The maximum atomic E-state index is 14.6. The Bertz CT molecular complexity index is 1050. The SMILES string of the molecule is CS(=O)(=O)c1ccc(-c2cn3cc(C4CCNCC4)cc(F)c3n2)cc1. The average molecular weight is 373 g/mol. The fourth-order valence-electron chi connectivity index (χ4n) is 3.47. The van der Waals surface area contributed by atoms with Gasteiger partial charge >= 0.3 is 0 Å². The van der Waals surface area contributed by atoms with E-state index in [0.717, 1.165) is 37.1 Å². The first-order valence-corrected chi connectivity index (χ1v) is 10.5. The summed E-state index contributed by atoms with van der Waals surface area (Å²) in [5, 5.41) is 3.32. The first-order valence-electron chi connectivity index (χ1n) is 8.61. The van der Waals surface area contributed by atoms with Crippen molar-refractivity contribution in [2.24, 2.45) is 0 Å². The van der Waals surface area contributed by atoms with E-state index in [0.29, 0.717) is 11.6 Å². The van der Waals surface area contributed by atoms with Crippen molar-refractivity contribution in [3.63, 3.8) is 0 Å². The molecule has 0 amide bonds. The third-order valence-corrected chi connectivity index (χ3v) is 6.04.